The first-order chi connectivity index (χ1) is 16.2. The maximum Gasteiger partial charge on any atom is 0.573 e. The van der Waals surface area contributed by atoms with E-state index in [4.69, 9.17) is 4.84 Å². The third-order valence-corrected chi connectivity index (χ3v) is 5.94. The largest absolute Gasteiger partial charge is 0.573 e. The first-order valence-corrected chi connectivity index (χ1v) is 11.2. The van der Waals surface area contributed by atoms with Gasteiger partial charge in [0.2, 0.25) is 5.91 Å². The molecule has 1 spiro atoms. The molecule has 0 atom stereocenters. The van der Waals surface area contributed by atoms with Crippen LogP contribution in [0, 0.1) is 0 Å². The molecule has 0 bridgehead atoms. The number of halogens is 3. The molecule has 2 aromatic carbocycles. The molecule has 10 heteroatoms. The van der Waals surface area contributed by atoms with Gasteiger partial charge in [0.15, 0.2) is 11.6 Å². The number of hydrogen-bond acceptors (Lipinski definition) is 6. The molecular weight excluding hydrogens is 449 g/mol. The number of hydroxylamine groups is 1. The summed E-state index contributed by atoms with van der Waals surface area (Å²) >= 11 is 0. The zero-order chi connectivity index (χ0) is 24.2. The number of alkyl halides is 3. The lowest BCUT2D eigenvalue weighted by Gasteiger charge is -2.35. The number of amidine groups is 1. The van der Waals surface area contributed by atoms with Gasteiger partial charge in [0.1, 0.15) is 5.75 Å². The number of ether oxygens (including phenoxy) is 1. The smallest absolute Gasteiger partial charge is 0.406 e. The van der Waals surface area contributed by atoms with E-state index in [0.29, 0.717) is 50.4 Å². The number of rotatable bonds is 7. The Morgan fingerprint density at radius 3 is 2.38 bits per heavy atom. The van der Waals surface area contributed by atoms with Crippen molar-refractivity contribution in [3.63, 3.8) is 0 Å². The molecule has 4 rings (SSSR count). The van der Waals surface area contributed by atoms with E-state index in [0.717, 1.165) is 12.0 Å². The van der Waals surface area contributed by atoms with Gasteiger partial charge < -0.3 is 10.1 Å². The molecule has 2 aliphatic heterocycles. The maximum atomic E-state index is 12.4. The lowest BCUT2D eigenvalue weighted by atomic mass is 10.0. The van der Waals surface area contributed by atoms with Crippen LogP contribution < -0.4 is 15.5 Å². The quantitative estimate of drug-likeness (QED) is 0.640. The fraction of sp³-hybridized carbons (Fsp3) is 0.417. The SMILES string of the molecule is CCc1ccc(CNC(=O)CN2CCC3(CC2)N=C(c2ccc(OC(F)(F)F)cc2)NO3)cc1. The summed E-state index contributed by atoms with van der Waals surface area (Å²) in [6.07, 6.45) is -2.57. The summed E-state index contributed by atoms with van der Waals surface area (Å²) in [5.74, 6) is 0.125. The Bertz CT molecular complexity index is 1020. The standard InChI is InChI=1S/C24H27F3N4O3/c1-2-17-3-5-18(6-4-17)15-28-21(32)16-31-13-11-23(12-14-31)29-22(30-34-23)19-7-9-20(10-8-19)33-24(25,26)27/h3-10H,2,11-16H2,1H3,(H,28,32)(H,29,30). The van der Waals surface area contributed by atoms with Crippen LogP contribution >= 0.6 is 0 Å². The highest BCUT2D eigenvalue weighted by Gasteiger charge is 2.40. The molecule has 2 N–H and O–H groups in total. The van der Waals surface area contributed by atoms with Crippen LogP contribution in [0.15, 0.2) is 53.5 Å². The number of piperidine rings is 1. The van der Waals surface area contributed by atoms with Crippen molar-refractivity contribution in [2.24, 2.45) is 4.99 Å². The van der Waals surface area contributed by atoms with Crippen LogP contribution in [0.5, 0.6) is 5.75 Å². The molecule has 7 nitrogen and oxygen atoms in total. The van der Waals surface area contributed by atoms with Crippen LogP contribution in [0.2, 0.25) is 0 Å². The Kier molecular flexibility index (Phi) is 7.08. The van der Waals surface area contributed by atoms with Crippen molar-refractivity contribution < 1.29 is 27.5 Å². The molecule has 0 saturated carbocycles. The van der Waals surface area contributed by atoms with E-state index < -0.39 is 12.1 Å². The molecule has 1 amide bonds. The summed E-state index contributed by atoms with van der Waals surface area (Å²) in [4.78, 5) is 24.8. The molecule has 0 aromatic heterocycles. The van der Waals surface area contributed by atoms with Gasteiger partial charge in [-0.15, -0.1) is 13.2 Å². The van der Waals surface area contributed by atoms with Crippen LogP contribution in [0.25, 0.3) is 0 Å². The van der Waals surface area contributed by atoms with E-state index in [9.17, 15) is 18.0 Å². The van der Waals surface area contributed by atoms with Gasteiger partial charge in [-0.2, -0.15) is 0 Å². The van der Waals surface area contributed by atoms with Crippen molar-refractivity contribution in [2.45, 2.75) is 44.8 Å². The van der Waals surface area contributed by atoms with Crippen LogP contribution in [0.4, 0.5) is 13.2 Å². The Morgan fingerprint density at radius 2 is 1.76 bits per heavy atom. The Morgan fingerprint density at radius 1 is 1.12 bits per heavy atom. The van der Waals surface area contributed by atoms with Crippen molar-refractivity contribution in [3.05, 3.63) is 65.2 Å². The highest BCUT2D eigenvalue weighted by Crippen LogP contribution is 2.31. The van der Waals surface area contributed by atoms with Crippen LogP contribution in [-0.2, 0) is 22.6 Å². The molecule has 0 radical (unpaired) electrons. The molecule has 2 aliphatic rings. The van der Waals surface area contributed by atoms with E-state index >= 15 is 0 Å². The van der Waals surface area contributed by atoms with Gasteiger partial charge >= 0.3 is 6.36 Å². The Hall–Kier alpha value is -3.11. The number of hydrogen-bond donors (Lipinski definition) is 2. The normalized spacial score (nSPS) is 17.8. The molecule has 0 aliphatic carbocycles. The van der Waals surface area contributed by atoms with Crippen molar-refractivity contribution in [3.8, 4) is 5.75 Å². The minimum absolute atomic E-state index is 0.0358. The van der Waals surface area contributed by atoms with Crippen LogP contribution in [0.1, 0.15) is 36.5 Å². The zero-order valence-corrected chi connectivity index (χ0v) is 18.8. The second-order valence-electron chi connectivity index (χ2n) is 8.41. The second-order valence-corrected chi connectivity index (χ2v) is 8.41. The highest BCUT2D eigenvalue weighted by molar-refractivity contribution is 5.99. The maximum absolute atomic E-state index is 12.4. The Balaban J connectivity index is 1.25. The fourth-order valence-corrected chi connectivity index (χ4v) is 3.96. The van der Waals surface area contributed by atoms with E-state index in [-0.39, 0.29) is 11.7 Å². The number of amides is 1. The van der Waals surface area contributed by atoms with Gasteiger partial charge in [-0.25, -0.2) is 15.3 Å². The third kappa shape index (κ3) is 6.27. The summed E-state index contributed by atoms with van der Waals surface area (Å²) in [6.45, 7) is 4.17. The van der Waals surface area contributed by atoms with Crippen molar-refractivity contribution in [1.82, 2.24) is 15.7 Å². The average molecular weight is 476 g/mol. The van der Waals surface area contributed by atoms with Crippen molar-refractivity contribution >= 4 is 11.7 Å². The number of benzene rings is 2. The van der Waals surface area contributed by atoms with E-state index in [2.05, 4.69) is 44.5 Å². The van der Waals surface area contributed by atoms with Crippen molar-refractivity contribution in [1.29, 1.82) is 0 Å². The van der Waals surface area contributed by atoms with Gasteiger partial charge in [-0.3, -0.25) is 9.69 Å². The molecule has 2 aromatic rings. The number of carbonyl (C=O) groups is 1. The summed E-state index contributed by atoms with van der Waals surface area (Å²) < 4.78 is 40.9. The van der Waals surface area contributed by atoms with Gasteiger partial charge in [0.05, 0.1) is 6.54 Å². The van der Waals surface area contributed by atoms with E-state index in [1.165, 1.54) is 29.8 Å². The monoisotopic (exact) mass is 476 g/mol. The molecule has 182 valence electrons. The zero-order valence-electron chi connectivity index (χ0n) is 18.8. The summed E-state index contributed by atoms with van der Waals surface area (Å²) in [5, 5.41) is 2.96. The molecule has 0 unspecified atom stereocenters. The fourth-order valence-electron chi connectivity index (χ4n) is 3.96. The number of aliphatic imine (C=N–C) groups is 1. The first-order valence-electron chi connectivity index (χ1n) is 11.2. The molecule has 2 heterocycles. The van der Waals surface area contributed by atoms with Crippen molar-refractivity contribution in [2.75, 3.05) is 19.6 Å². The predicted molar refractivity (Wildman–Crippen MR) is 120 cm³/mol. The molecule has 1 saturated heterocycles. The number of carbonyl (C=O) groups excluding carboxylic acids is 1. The molecule has 34 heavy (non-hydrogen) atoms. The van der Waals surface area contributed by atoms with E-state index in [1.54, 1.807) is 0 Å². The summed E-state index contributed by atoms with van der Waals surface area (Å²) in [5.41, 5.74) is 4.97. The van der Waals surface area contributed by atoms with Gasteiger partial charge in [-0.1, -0.05) is 31.2 Å². The van der Waals surface area contributed by atoms with Gasteiger partial charge in [-0.05, 0) is 41.8 Å². The van der Waals surface area contributed by atoms with Crippen LogP contribution in [0.3, 0.4) is 0 Å². The second kappa shape index (κ2) is 10.0. The topological polar surface area (TPSA) is 75.2 Å². The number of likely N-dealkylation sites (tertiary alicyclic amines) is 1. The van der Waals surface area contributed by atoms with Gasteiger partial charge in [0.25, 0.3) is 0 Å². The third-order valence-electron chi connectivity index (χ3n) is 5.94. The number of nitrogens with zero attached hydrogens (tertiary/aromatic N) is 2. The summed E-state index contributed by atoms with van der Waals surface area (Å²) in [6, 6.07) is 13.6. The highest BCUT2D eigenvalue weighted by atomic mass is 19.4. The average Bonchev–Trinajstić information content (AvgIpc) is 3.23. The number of nitrogens with one attached hydrogen (secondary N) is 2. The van der Waals surface area contributed by atoms with Gasteiger partial charge in [0, 0.05) is 38.0 Å². The molecular formula is C24H27F3N4O3. The first kappa shape index (κ1) is 24.0. The lowest BCUT2D eigenvalue weighted by Crippen LogP contribution is -2.47. The minimum Gasteiger partial charge on any atom is -0.406 e. The lowest BCUT2D eigenvalue weighted by molar-refractivity contribution is -0.274. The predicted octanol–water partition coefficient (Wildman–Crippen LogP) is 3.54. The Labute approximate surface area is 195 Å². The molecule has 1 fully saturated rings. The van der Waals surface area contributed by atoms with E-state index in [1.807, 2.05) is 12.1 Å². The van der Waals surface area contributed by atoms with Crippen LogP contribution in [-0.4, -0.2) is 48.4 Å². The summed E-state index contributed by atoms with van der Waals surface area (Å²) in [7, 11) is 0. The minimum atomic E-state index is -4.73. The number of aryl methyl sites for hydroxylation is 1.